The number of aliphatic carboxylic acids is 1. The van der Waals surface area contributed by atoms with E-state index in [0.29, 0.717) is 37.6 Å². The van der Waals surface area contributed by atoms with E-state index >= 15 is 0 Å². The Morgan fingerprint density at radius 2 is 1.75 bits per heavy atom. The lowest BCUT2D eigenvalue weighted by atomic mass is 10.0. The minimum Gasteiger partial charge on any atom is -0.480 e. The predicted molar refractivity (Wildman–Crippen MR) is 134 cm³/mol. The minimum atomic E-state index is -3.67. The summed E-state index contributed by atoms with van der Waals surface area (Å²) in [5, 5.41) is 12.5. The summed E-state index contributed by atoms with van der Waals surface area (Å²) in [6.07, 6.45) is 2.90. The van der Waals surface area contributed by atoms with Crippen molar-refractivity contribution in [2.45, 2.75) is 44.7 Å². The largest absolute Gasteiger partial charge is 0.480 e. The highest BCUT2D eigenvalue weighted by Gasteiger charge is 2.34. The maximum Gasteiger partial charge on any atom is 0.323 e. The normalized spacial score (nSPS) is 16.1. The lowest BCUT2D eigenvalue weighted by Gasteiger charge is -2.27. The van der Waals surface area contributed by atoms with E-state index in [2.05, 4.69) is 5.32 Å². The van der Waals surface area contributed by atoms with Gasteiger partial charge in [-0.05, 0) is 49.8 Å². The molecular weight excluding hydrogens is 488 g/mol. The second-order valence-electron chi connectivity index (χ2n) is 8.27. The number of benzene rings is 2. The van der Waals surface area contributed by atoms with Gasteiger partial charge in [0.2, 0.25) is 5.91 Å². The van der Waals surface area contributed by atoms with Crippen molar-refractivity contribution in [1.82, 2.24) is 5.32 Å². The lowest BCUT2D eigenvalue weighted by Crippen LogP contribution is -2.53. The average Bonchev–Trinajstić information content (AvgIpc) is 2.93. The van der Waals surface area contributed by atoms with Gasteiger partial charge in [0.05, 0.1) is 18.9 Å². The van der Waals surface area contributed by atoms with E-state index in [1.54, 1.807) is 19.1 Å². The van der Waals surface area contributed by atoms with Crippen LogP contribution in [-0.4, -0.2) is 67.4 Å². The fourth-order valence-corrected chi connectivity index (χ4v) is 3.88. The number of carboxylic acids is 1. The molecule has 10 nitrogen and oxygen atoms in total. The van der Waals surface area contributed by atoms with Gasteiger partial charge in [0, 0.05) is 5.69 Å². The molecule has 0 fully saturated rings. The van der Waals surface area contributed by atoms with Crippen molar-refractivity contribution < 1.29 is 37.2 Å². The molecule has 11 heteroatoms. The van der Waals surface area contributed by atoms with Gasteiger partial charge in [-0.1, -0.05) is 48.5 Å². The minimum absolute atomic E-state index is 0.248. The second-order valence-corrected chi connectivity index (χ2v) is 9.73. The van der Waals surface area contributed by atoms with Crippen LogP contribution in [-0.2, 0) is 42.1 Å². The number of ether oxygens (including phenoxy) is 1. The van der Waals surface area contributed by atoms with Crippen LogP contribution in [0.25, 0.3) is 0 Å². The highest BCUT2D eigenvalue weighted by atomic mass is 32.2. The van der Waals surface area contributed by atoms with Gasteiger partial charge in [0.25, 0.3) is 10.1 Å². The van der Waals surface area contributed by atoms with Gasteiger partial charge < -0.3 is 9.84 Å². The number of nitrogens with zero attached hydrogens (tertiary/aromatic N) is 1. The van der Waals surface area contributed by atoms with Gasteiger partial charge in [-0.25, -0.2) is 0 Å². The summed E-state index contributed by atoms with van der Waals surface area (Å²) in [5.74, 6) is -1.84. The van der Waals surface area contributed by atoms with Crippen LogP contribution in [0.3, 0.4) is 0 Å². The number of carbonyl (C=O) groups is 3. The molecule has 1 heterocycles. The summed E-state index contributed by atoms with van der Waals surface area (Å²) in [5.41, 5.74) is 2.61. The molecule has 0 bridgehead atoms. The van der Waals surface area contributed by atoms with Crippen LogP contribution >= 0.6 is 0 Å². The Morgan fingerprint density at radius 3 is 2.36 bits per heavy atom. The molecular formula is C25H32N2O8S. The number of rotatable bonds is 9. The molecule has 0 spiro atoms. The molecule has 0 radical (unpaired) electrons. The molecule has 1 amide bonds. The summed E-state index contributed by atoms with van der Waals surface area (Å²) in [7, 11) is -3.67. The molecule has 36 heavy (non-hydrogen) atoms. The van der Waals surface area contributed by atoms with E-state index in [1.165, 1.54) is 4.90 Å². The molecule has 0 aliphatic carbocycles. The standard InChI is InChI=1S/C24H28N2O5.CH4O3S/c1-2-31-24(30)20(14-12-17-8-4-3-5-9-17)25-19-15-13-18-10-6-7-11-21(18)26(23(19)29)16-22(27)28;1-5(2,3)4/h3-11,19-20,25H,2,12-16H2,1H3,(H,27,28);1H3,(H,2,3,4)/t19-,20?;/m0./s1. The molecule has 0 aromatic heterocycles. The Morgan fingerprint density at radius 1 is 1.14 bits per heavy atom. The summed E-state index contributed by atoms with van der Waals surface area (Å²) in [6.45, 7) is 1.56. The quantitative estimate of drug-likeness (QED) is 0.333. The van der Waals surface area contributed by atoms with Crippen molar-refractivity contribution in [3.8, 4) is 0 Å². The van der Waals surface area contributed by atoms with Gasteiger partial charge in [0.1, 0.15) is 12.6 Å². The van der Waals surface area contributed by atoms with E-state index in [4.69, 9.17) is 9.29 Å². The monoisotopic (exact) mass is 520 g/mol. The van der Waals surface area contributed by atoms with Crippen LogP contribution in [0.4, 0.5) is 5.69 Å². The number of para-hydroxylation sites is 1. The Balaban J connectivity index is 0.000000830. The number of aryl methyl sites for hydroxylation is 2. The molecule has 196 valence electrons. The Hall–Kier alpha value is -3.28. The maximum absolute atomic E-state index is 13.3. The van der Waals surface area contributed by atoms with Gasteiger partial charge in [-0.2, -0.15) is 8.42 Å². The zero-order valence-corrected chi connectivity index (χ0v) is 21.1. The molecule has 2 aromatic rings. The van der Waals surface area contributed by atoms with Crippen molar-refractivity contribution in [3.63, 3.8) is 0 Å². The van der Waals surface area contributed by atoms with Crippen LogP contribution in [0.2, 0.25) is 0 Å². The molecule has 2 atom stereocenters. The predicted octanol–water partition coefficient (Wildman–Crippen LogP) is 2.08. The van der Waals surface area contributed by atoms with E-state index in [-0.39, 0.29) is 12.5 Å². The number of nitrogens with one attached hydrogen (secondary N) is 1. The van der Waals surface area contributed by atoms with E-state index < -0.39 is 40.7 Å². The van der Waals surface area contributed by atoms with Gasteiger partial charge in [-0.3, -0.25) is 29.2 Å². The first-order valence-corrected chi connectivity index (χ1v) is 13.3. The molecule has 0 saturated carbocycles. The summed E-state index contributed by atoms with van der Waals surface area (Å²) in [6, 6.07) is 15.8. The highest BCUT2D eigenvalue weighted by Crippen LogP contribution is 2.27. The average molecular weight is 521 g/mol. The van der Waals surface area contributed by atoms with E-state index in [1.807, 2.05) is 42.5 Å². The number of hydrogen-bond acceptors (Lipinski definition) is 7. The number of hydrogen-bond donors (Lipinski definition) is 3. The van der Waals surface area contributed by atoms with Gasteiger partial charge >= 0.3 is 11.9 Å². The summed E-state index contributed by atoms with van der Waals surface area (Å²) in [4.78, 5) is 38.6. The fourth-order valence-electron chi connectivity index (χ4n) is 3.88. The number of carbonyl (C=O) groups excluding carboxylic acids is 2. The molecule has 3 rings (SSSR count). The smallest absolute Gasteiger partial charge is 0.323 e. The third kappa shape index (κ3) is 9.76. The molecule has 3 N–H and O–H groups in total. The van der Waals surface area contributed by atoms with Crippen LogP contribution in [0.15, 0.2) is 54.6 Å². The first-order chi connectivity index (χ1) is 17.0. The number of fused-ring (bicyclic) bond motifs is 1. The first kappa shape index (κ1) is 29.0. The SMILES string of the molecule is CCOC(=O)C(CCc1ccccc1)N[C@H]1CCc2ccccc2N(CC(=O)O)C1=O.CS(=O)(=O)O. The topological polar surface area (TPSA) is 150 Å². The van der Waals surface area contributed by atoms with Gasteiger partial charge in [-0.15, -0.1) is 0 Å². The fraction of sp³-hybridized carbons (Fsp3) is 0.400. The molecule has 1 unspecified atom stereocenters. The van der Waals surface area contributed by atoms with Crippen LogP contribution < -0.4 is 10.2 Å². The Bertz CT molecular complexity index is 1130. The third-order valence-corrected chi connectivity index (χ3v) is 5.38. The molecule has 2 aromatic carbocycles. The van der Waals surface area contributed by atoms with Crippen molar-refractivity contribution in [1.29, 1.82) is 0 Å². The van der Waals surface area contributed by atoms with Crippen LogP contribution in [0, 0.1) is 0 Å². The van der Waals surface area contributed by atoms with Crippen molar-refractivity contribution >= 4 is 33.7 Å². The third-order valence-electron chi connectivity index (χ3n) is 5.38. The molecule has 1 aliphatic rings. The number of carboxylic acid groups (broad SMARTS) is 1. The number of anilines is 1. The van der Waals surface area contributed by atoms with Crippen LogP contribution in [0.5, 0.6) is 0 Å². The van der Waals surface area contributed by atoms with Crippen LogP contribution in [0.1, 0.15) is 30.9 Å². The Labute approximate surface area is 211 Å². The summed E-state index contributed by atoms with van der Waals surface area (Å²) >= 11 is 0. The van der Waals surface area contributed by atoms with Crippen molar-refractivity contribution in [2.24, 2.45) is 0 Å². The molecule has 1 aliphatic heterocycles. The van der Waals surface area contributed by atoms with Crippen molar-refractivity contribution in [3.05, 3.63) is 65.7 Å². The molecule has 0 saturated heterocycles. The van der Waals surface area contributed by atoms with Crippen molar-refractivity contribution in [2.75, 3.05) is 24.3 Å². The lowest BCUT2D eigenvalue weighted by molar-refractivity contribution is -0.146. The number of amides is 1. The number of esters is 1. The zero-order valence-electron chi connectivity index (χ0n) is 20.3. The second kappa shape index (κ2) is 13.7. The summed E-state index contributed by atoms with van der Waals surface area (Å²) < 4.78 is 31.1. The van der Waals surface area contributed by atoms with E-state index in [9.17, 15) is 27.9 Å². The zero-order chi connectivity index (χ0) is 26.7. The van der Waals surface area contributed by atoms with E-state index in [0.717, 1.165) is 11.1 Å². The van der Waals surface area contributed by atoms with Gasteiger partial charge in [0.15, 0.2) is 0 Å². The first-order valence-electron chi connectivity index (χ1n) is 11.5. The Kier molecular flexibility index (Phi) is 11.0. The maximum atomic E-state index is 13.3. The highest BCUT2D eigenvalue weighted by molar-refractivity contribution is 7.85.